The maximum Gasteiger partial charge on any atom is 0.268 e. The lowest BCUT2D eigenvalue weighted by Crippen LogP contribution is -2.45. The fourth-order valence-electron chi connectivity index (χ4n) is 3.22. The summed E-state index contributed by atoms with van der Waals surface area (Å²) in [5.41, 5.74) is 3.12. The van der Waals surface area contributed by atoms with Crippen LogP contribution >= 0.6 is 0 Å². The van der Waals surface area contributed by atoms with Gasteiger partial charge in [0.25, 0.3) is 5.91 Å². The third kappa shape index (κ3) is 4.03. The number of ether oxygens (including phenoxy) is 1. The summed E-state index contributed by atoms with van der Waals surface area (Å²) in [6, 6.07) is 11.1. The van der Waals surface area contributed by atoms with Gasteiger partial charge in [0.1, 0.15) is 5.75 Å². The Morgan fingerprint density at radius 3 is 2.50 bits per heavy atom. The van der Waals surface area contributed by atoms with E-state index < -0.39 is 11.4 Å². The van der Waals surface area contributed by atoms with Gasteiger partial charge in [-0.2, -0.15) is 4.98 Å². The average Bonchev–Trinajstić information content (AvgIpc) is 2.65. The lowest BCUT2D eigenvalue weighted by molar-refractivity contribution is -0.129. The van der Waals surface area contributed by atoms with Crippen LogP contribution in [0, 0.1) is 19.7 Å². The Labute approximate surface area is 173 Å². The number of amides is 1. The molecule has 8 heteroatoms. The molecular weight excluding hydrogens is 385 g/mol. The van der Waals surface area contributed by atoms with Crippen LogP contribution < -0.4 is 20.7 Å². The zero-order valence-corrected chi connectivity index (χ0v) is 17.1. The maximum atomic E-state index is 14.3. The van der Waals surface area contributed by atoms with Gasteiger partial charge in [0, 0.05) is 11.4 Å². The molecule has 2 aromatic carbocycles. The summed E-state index contributed by atoms with van der Waals surface area (Å²) in [6.45, 7) is 7.38. The van der Waals surface area contributed by atoms with Crippen molar-refractivity contribution in [2.24, 2.45) is 0 Å². The Hall–Kier alpha value is -3.68. The van der Waals surface area contributed by atoms with Crippen LogP contribution in [0.3, 0.4) is 0 Å². The van der Waals surface area contributed by atoms with Crippen molar-refractivity contribution in [1.29, 1.82) is 0 Å². The molecule has 0 saturated carbocycles. The fraction of sp³-hybridized carbons (Fsp3) is 0.227. The molecule has 30 heavy (non-hydrogen) atoms. The van der Waals surface area contributed by atoms with Crippen LogP contribution in [0.1, 0.15) is 25.0 Å². The highest BCUT2D eigenvalue weighted by Crippen LogP contribution is 2.36. The van der Waals surface area contributed by atoms with E-state index in [0.717, 1.165) is 23.0 Å². The number of carbonyl (C=O) groups is 1. The van der Waals surface area contributed by atoms with Crippen molar-refractivity contribution >= 4 is 34.7 Å². The van der Waals surface area contributed by atoms with Gasteiger partial charge in [-0.25, -0.2) is 9.37 Å². The van der Waals surface area contributed by atoms with Crippen LogP contribution in [0.4, 0.5) is 33.2 Å². The first-order valence-corrected chi connectivity index (χ1v) is 9.49. The van der Waals surface area contributed by atoms with E-state index in [9.17, 15) is 9.18 Å². The Balaban J connectivity index is 1.57. The zero-order chi connectivity index (χ0) is 21.5. The van der Waals surface area contributed by atoms with Gasteiger partial charge >= 0.3 is 0 Å². The van der Waals surface area contributed by atoms with E-state index in [1.807, 2.05) is 26.0 Å². The maximum absolute atomic E-state index is 14.3. The smallest absolute Gasteiger partial charge is 0.268 e. The molecule has 0 radical (unpaired) electrons. The molecular formula is C22H22FN5O2. The van der Waals surface area contributed by atoms with Gasteiger partial charge in [-0.3, -0.25) is 4.79 Å². The second-order valence-electron chi connectivity index (χ2n) is 7.79. The number of benzene rings is 2. The number of aromatic nitrogens is 2. The molecule has 1 aromatic heterocycles. The summed E-state index contributed by atoms with van der Waals surface area (Å²) >= 11 is 0. The Morgan fingerprint density at radius 2 is 1.77 bits per heavy atom. The first-order chi connectivity index (χ1) is 14.2. The third-order valence-corrected chi connectivity index (χ3v) is 4.62. The molecule has 1 amide bonds. The van der Waals surface area contributed by atoms with Crippen molar-refractivity contribution in [3.8, 4) is 5.75 Å². The van der Waals surface area contributed by atoms with E-state index in [2.05, 4.69) is 32.0 Å². The Bertz CT molecular complexity index is 1130. The molecule has 0 spiro atoms. The number of fused-ring (bicyclic) bond motifs is 1. The van der Waals surface area contributed by atoms with Crippen LogP contribution in [0.15, 0.2) is 42.6 Å². The predicted octanol–water partition coefficient (Wildman–Crippen LogP) is 4.83. The molecule has 0 unspecified atom stereocenters. The molecule has 154 valence electrons. The lowest BCUT2D eigenvalue weighted by atomic mass is 10.1. The van der Waals surface area contributed by atoms with E-state index in [1.165, 1.54) is 0 Å². The number of aryl methyl sites for hydroxylation is 2. The van der Waals surface area contributed by atoms with E-state index >= 15 is 0 Å². The number of nitrogens with one attached hydrogen (secondary N) is 3. The molecule has 0 saturated heterocycles. The Kier molecular flexibility index (Phi) is 4.77. The SMILES string of the molecule is Cc1cc(C)cc(Nc2ncc(F)c(Nc3ccc4c(c3)NC(=O)C(C)(C)O4)n2)c1. The first-order valence-electron chi connectivity index (χ1n) is 9.49. The standard InChI is InChI=1S/C22H22FN5O2/c1-12-7-13(2)9-15(8-12)26-21-24-11-16(23)19(28-21)25-14-5-6-18-17(10-14)27-20(29)22(3,4)30-18/h5-11H,1-4H3,(H,27,29)(H2,24,25,26,28). The third-order valence-electron chi connectivity index (χ3n) is 4.62. The fourth-order valence-corrected chi connectivity index (χ4v) is 3.22. The second kappa shape index (κ2) is 7.29. The molecule has 3 aromatic rings. The number of halogens is 1. The number of hydrogen-bond acceptors (Lipinski definition) is 6. The number of carbonyl (C=O) groups excluding carboxylic acids is 1. The first kappa shape index (κ1) is 19.6. The normalized spacial score (nSPS) is 14.4. The van der Waals surface area contributed by atoms with Crippen LogP contribution in [0.25, 0.3) is 0 Å². The van der Waals surface area contributed by atoms with E-state index in [0.29, 0.717) is 17.1 Å². The monoisotopic (exact) mass is 407 g/mol. The molecule has 0 bridgehead atoms. The average molecular weight is 407 g/mol. The molecule has 3 N–H and O–H groups in total. The summed E-state index contributed by atoms with van der Waals surface area (Å²) in [5, 5.41) is 8.83. The summed E-state index contributed by atoms with van der Waals surface area (Å²) < 4.78 is 20.0. The van der Waals surface area contributed by atoms with E-state index in [4.69, 9.17) is 4.74 Å². The number of nitrogens with zero attached hydrogens (tertiary/aromatic N) is 2. The minimum Gasteiger partial charge on any atom is -0.476 e. The van der Waals surface area contributed by atoms with Crippen LogP contribution in [-0.4, -0.2) is 21.5 Å². The molecule has 0 fully saturated rings. The van der Waals surface area contributed by atoms with Gasteiger partial charge in [0.15, 0.2) is 17.2 Å². The summed E-state index contributed by atoms with van der Waals surface area (Å²) in [4.78, 5) is 20.4. The van der Waals surface area contributed by atoms with Gasteiger partial charge < -0.3 is 20.7 Å². The highest BCUT2D eigenvalue weighted by Gasteiger charge is 2.35. The van der Waals surface area contributed by atoms with Crippen molar-refractivity contribution in [3.05, 3.63) is 59.5 Å². The lowest BCUT2D eigenvalue weighted by Gasteiger charge is -2.31. The van der Waals surface area contributed by atoms with Gasteiger partial charge in [0.05, 0.1) is 11.9 Å². The molecule has 1 aliphatic rings. The molecule has 4 rings (SSSR count). The van der Waals surface area contributed by atoms with Crippen LogP contribution in [0.2, 0.25) is 0 Å². The van der Waals surface area contributed by atoms with E-state index in [1.54, 1.807) is 32.0 Å². The van der Waals surface area contributed by atoms with Gasteiger partial charge in [-0.05, 0) is 69.2 Å². The highest BCUT2D eigenvalue weighted by molar-refractivity contribution is 6.00. The molecule has 1 aliphatic heterocycles. The van der Waals surface area contributed by atoms with Gasteiger partial charge in [0.2, 0.25) is 5.95 Å². The summed E-state index contributed by atoms with van der Waals surface area (Å²) in [7, 11) is 0. The largest absolute Gasteiger partial charge is 0.476 e. The predicted molar refractivity (Wildman–Crippen MR) is 114 cm³/mol. The van der Waals surface area contributed by atoms with Crippen molar-refractivity contribution < 1.29 is 13.9 Å². The Morgan fingerprint density at radius 1 is 1.03 bits per heavy atom. The molecule has 0 aliphatic carbocycles. The molecule has 2 heterocycles. The number of rotatable bonds is 4. The minimum absolute atomic E-state index is 0.0141. The number of hydrogen-bond donors (Lipinski definition) is 3. The van der Waals surface area contributed by atoms with Crippen molar-refractivity contribution in [3.63, 3.8) is 0 Å². The van der Waals surface area contributed by atoms with Gasteiger partial charge in [-0.15, -0.1) is 0 Å². The van der Waals surface area contributed by atoms with Crippen molar-refractivity contribution in [2.75, 3.05) is 16.0 Å². The highest BCUT2D eigenvalue weighted by atomic mass is 19.1. The van der Waals surface area contributed by atoms with Gasteiger partial charge in [-0.1, -0.05) is 6.07 Å². The van der Waals surface area contributed by atoms with Crippen molar-refractivity contribution in [2.45, 2.75) is 33.3 Å². The second-order valence-corrected chi connectivity index (χ2v) is 7.79. The minimum atomic E-state index is -0.949. The quantitative estimate of drug-likeness (QED) is 0.574. The number of anilines is 5. The van der Waals surface area contributed by atoms with Crippen LogP contribution in [-0.2, 0) is 4.79 Å². The summed E-state index contributed by atoms with van der Waals surface area (Å²) in [6.07, 6.45) is 1.10. The topological polar surface area (TPSA) is 88.2 Å². The van der Waals surface area contributed by atoms with Crippen LogP contribution in [0.5, 0.6) is 5.75 Å². The zero-order valence-electron chi connectivity index (χ0n) is 17.1. The molecule has 0 atom stereocenters. The molecule has 7 nitrogen and oxygen atoms in total. The summed E-state index contributed by atoms with van der Waals surface area (Å²) in [5.74, 6) is -0.0219. The van der Waals surface area contributed by atoms with E-state index in [-0.39, 0.29) is 17.7 Å². The van der Waals surface area contributed by atoms with Crippen molar-refractivity contribution in [1.82, 2.24) is 9.97 Å².